The van der Waals surface area contributed by atoms with Crippen LogP contribution in [-0.4, -0.2) is 19.1 Å². The second-order valence-electron chi connectivity index (χ2n) is 5.31. The lowest BCUT2D eigenvalue weighted by Gasteiger charge is -2.10. The summed E-state index contributed by atoms with van der Waals surface area (Å²) in [6.45, 7) is -3.56. The van der Waals surface area contributed by atoms with Gasteiger partial charge in [0.25, 0.3) is 5.91 Å². The molecule has 3 rings (SSSR count). The Kier molecular flexibility index (Phi) is 5.30. The van der Waals surface area contributed by atoms with Crippen molar-refractivity contribution in [2.45, 2.75) is 6.61 Å². The molecule has 0 unspecified atom stereocenters. The minimum Gasteiger partial charge on any atom is -0.484 e. The van der Waals surface area contributed by atoms with Crippen molar-refractivity contribution < 1.29 is 31.9 Å². The number of benzene rings is 2. The van der Waals surface area contributed by atoms with Crippen LogP contribution in [0.5, 0.6) is 11.5 Å². The van der Waals surface area contributed by atoms with Crippen LogP contribution in [0.3, 0.4) is 0 Å². The molecule has 1 heterocycles. The van der Waals surface area contributed by atoms with Crippen molar-refractivity contribution in [3.63, 3.8) is 0 Å². The highest BCUT2D eigenvalue weighted by molar-refractivity contribution is 5.92. The molecule has 0 aliphatic carbocycles. The number of carbonyl (C=O) groups is 1. The van der Waals surface area contributed by atoms with Crippen molar-refractivity contribution in [3.05, 3.63) is 64.8 Å². The minimum atomic E-state index is -3.15. The second kappa shape index (κ2) is 7.81. The Morgan fingerprint density at radius 3 is 2.63 bits per heavy atom. The quantitative estimate of drug-likeness (QED) is 0.663. The van der Waals surface area contributed by atoms with E-state index in [1.54, 1.807) is 18.2 Å². The number of alkyl halides is 2. The maximum Gasteiger partial charge on any atom is 0.387 e. The molecule has 0 aliphatic heterocycles. The number of hydrogen-bond donors (Lipinski definition) is 1. The van der Waals surface area contributed by atoms with Gasteiger partial charge < -0.3 is 19.2 Å². The van der Waals surface area contributed by atoms with E-state index in [4.69, 9.17) is 9.15 Å². The average molecular weight is 379 g/mol. The lowest BCUT2D eigenvalue weighted by atomic mass is 10.2. The number of anilines is 1. The Balaban J connectivity index is 1.61. The van der Waals surface area contributed by atoms with E-state index in [2.05, 4.69) is 10.1 Å². The number of amides is 1. The molecule has 0 saturated carbocycles. The van der Waals surface area contributed by atoms with Crippen LogP contribution in [0.15, 0.2) is 57.7 Å². The van der Waals surface area contributed by atoms with Gasteiger partial charge in [-0.3, -0.25) is 4.79 Å². The summed E-state index contributed by atoms with van der Waals surface area (Å²) in [4.78, 5) is 23.1. The first-order valence-electron chi connectivity index (χ1n) is 7.61. The van der Waals surface area contributed by atoms with E-state index in [-0.39, 0.29) is 5.69 Å². The van der Waals surface area contributed by atoms with E-state index in [0.29, 0.717) is 16.7 Å². The van der Waals surface area contributed by atoms with Gasteiger partial charge >= 0.3 is 12.2 Å². The van der Waals surface area contributed by atoms with Crippen LogP contribution in [0.1, 0.15) is 0 Å². The van der Waals surface area contributed by atoms with Crippen molar-refractivity contribution in [1.29, 1.82) is 0 Å². The highest BCUT2D eigenvalue weighted by Gasteiger charge is 2.12. The van der Waals surface area contributed by atoms with Crippen molar-refractivity contribution >= 4 is 22.6 Å². The molecule has 0 saturated heterocycles. The summed E-state index contributed by atoms with van der Waals surface area (Å²) in [5.41, 5.74) is -0.164. The predicted molar refractivity (Wildman–Crippen MR) is 89.6 cm³/mol. The Morgan fingerprint density at radius 1 is 1.11 bits per heavy atom. The first-order valence-corrected chi connectivity index (χ1v) is 7.61. The van der Waals surface area contributed by atoms with E-state index in [1.807, 2.05) is 0 Å². The SMILES string of the molecule is O=C(COc1ccc2ccc(=O)oc2c1)Nc1ccc(OC(F)F)c(F)c1. The fraction of sp³-hybridized carbons (Fsp3) is 0.111. The fourth-order valence-corrected chi connectivity index (χ4v) is 2.25. The first-order chi connectivity index (χ1) is 12.9. The van der Waals surface area contributed by atoms with Gasteiger partial charge in [0.2, 0.25) is 0 Å². The summed E-state index contributed by atoms with van der Waals surface area (Å²) >= 11 is 0. The number of halogens is 3. The third-order valence-electron chi connectivity index (χ3n) is 3.40. The van der Waals surface area contributed by atoms with Crippen LogP contribution in [-0.2, 0) is 4.79 Å². The number of carbonyl (C=O) groups excluding carboxylic acids is 1. The number of rotatable bonds is 6. The van der Waals surface area contributed by atoms with E-state index in [1.165, 1.54) is 18.2 Å². The highest BCUT2D eigenvalue weighted by Crippen LogP contribution is 2.23. The van der Waals surface area contributed by atoms with Crippen LogP contribution in [0.2, 0.25) is 0 Å². The standard InChI is InChI=1S/C18H12F3NO5/c19-13-7-11(3-5-14(13)27-18(20)21)22-16(23)9-25-12-4-1-10-2-6-17(24)26-15(10)8-12/h1-8,18H,9H2,(H,22,23). The van der Waals surface area contributed by atoms with Gasteiger partial charge in [-0.05, 0) is 30.3 Å². The summed E-state index contributed by atoms with van der Waals surface area (Å²) in [7, 11) is 0. The highest BCUT2D eigenvalue weighted by atomic mass is 19.3. The number of hydrogen-bond acceptors (Lipinski definition) is 5. The maximum absolute atomic E-state index is 13.6. The van der Waals surface area contributed by atoms with E-state index in [9.17, 15) is 22.8 Å². The third-order valence-corrected chi connectivity index (χ3v) is 3.40. The number of ether oxygens (including phenoxy) is 2. The Labute approximate surface area is 150 Å². The molecule has 3 aromatic rings. The molecule has 1 amide bonds. The monoisotopic (exact) mass is 379 g/mol. The minimum absolute atomic E-state index is 0.0484. The lowest BCUT2D eigenvalue weighted by molar-refractivity contribution is -0.118. The molecule has 1 aromatic heterocycles. The lowest BCUT2D eigenvalue weighted by Crippen LogP contribution is -2.20. The molecule has 0 spiro atoms. The van der Waals surface area contributed by atoms with Crippen molar-refractivity contribution in [1.82, 2.24) is 0 Å². The van der Waals surface area contributed by atoms with Gasteiger partial charge in [0.1, 0.15) is 11.3 Å². The second-order valence-corrected chi connectivity index (χ2v) is 5.31. The van der Waals surface area contributed by atoms with Gasteiger partial charge in [-0.2, -0.15) is 8.78 Å². The topological polar surface area (TPSA) is 77.8 Å². The molecule has 0 bridgehead atoms. The smallest absolute Gasteiger partial charge is 0.387 e. The molecule has 1 N–H and O–H groups in total. The van der Waals surface area contributed by atoms with E-state index in [0.717, 1.165) is 12.1 Å². The summed E-state index contributed by atoms with van der Waals surface area (Å²) in [5, 5.41) is 3.05. The van der Waals surface area contributed by atoms with Crippen LogP contribution in [0, 0.1) is 5.82 Å². The molecule has 6 nitrogen and oxygen atoms in total. The van der Waals surface area contributed by atoms with Crippen molar-refractivity contribution in [2.24, 2.45) is 0 Å². The van der Waals surface area contributed by atoms with Crippen LogP contribution in [0.25, 0.3) is 11.0 Å². The van der Waals surface area contributed by atoms with Crippen LogP contribution >= 0.6 is 0 Å². The molecule has 140 valence electrons. The normalized spacial score (nSPS) is 10.8. The van der Waals surface area contributed by atoms with E-state index >= 15 is 0 Å². The third kappa shape index (κ3) is 4.78. The molecular formula is C18H12F3NO5. The summed E-state index contributed by atoms with van der Waals surface area (Å²) < 4.78 is 52.1. The maximum atomic E-state index is 13.6. The molecule has 9 heteroatoms. The van der Waals surface area contributed by atoms with Gasteiger partial charge in [-0.25, -0.2) is 9.18 Å². The summed E-state index contributed by atoms with van der Waals surface area (Å²) in [6, 6.07) is 10.6. The zero-order valence-electron chi connectivity index (χ0n) is 13.6. The largest absolute Gasteiger partial charge is 0.484 e. The first kappa shape index (κ1) is 18.3. The molecule has 0 aliphatic rings. The zero-order valence-corrected chi connectivity index (χ0v) is 13.6. The fourth-order valence-electron chi connectivity index (χ4n) is 2.25. The van der Waals surface area contributed by atoms with Gasteiger partial charge in [0, 0.05) is 29.3 Å². The zero-order chi connectivity index (χ0) is 19.4. The molecule has 0 radical (unpaired) electrons. The van der Waals surface area contributed by atoms with Gasteiger partial charge in [-0.15, -0.1) is 0 Å². The number of nitrogens with one attached hydrogen (secondary N) is 1. The van der Waals surface area contributed by atoms with Gasteiger partial charge in [0.15, 0.2) is 18.2 Å². The van der Waals surface area contributed by atoms with Crippen LogP contribution in [0.4, 0.5) is 18.9 Å². The van der Waals surface area contributed by atoms with E-state index < -0.39 is 36.3 Å². The molecular weight excluding hydrogens is 367 g/mol. The Morgan fingerprint density at radius 2 is 1.89 bits per heavy atom. The van der Waals surface area contributed by atoms with Crippen LogP contribution < -0.4 is 20.4 Å². The molecule has 0 atom stereocenters. The Bertz CT molecular complexity index is 1030. The Hall–Kier alpha value is -3.49. The molecule has 0 fully saturated rings. The predicted octanol–water partition coefficient (Wildman–Crippen LogP) is 3.55. The summed E-state index contributed by atoms with van der Waals surface area (Å²) in [6.07, 6.45) is 0. The molecule has 27 heavy (non-hydrogen) atoms. The van der Waals surface area contributed by atoms with Crippen molar-refractivity contribution in [3.8, 4) is 11.5 Å². The average Bonchev–Trinajstić information content (AvgIpc) is 2.61. The summed E-state index contributed by atoms with van der Waals surface area (Å²) in [5.74, 6) is -1.99. The molecule has 2 aromatic carbocycles. The van der Waals surface area contributed by atoms with Crippen molar-refractivity contribution in [2.75, 3.05) is 11.9 Å². The van der Waals surface area contributed by atoms with Gasteiger partial charge in [0.05, 0.1) is 0 Å². The number of fused-ring (bicyclic) bond motifs is 1. The van der Waals surface area contributed by atoms with Gasteiger partial charge in [-0.1, -0.05) is 0 Å².